The molecule has 0 saturated heterocycles. The van der Waals surface area contributed by atoms with Gasteiger partial charge in [0, 0.05) is 12.6 Å². The molecule has 8 heteroatoms. The lowest BCUT2D eigenvalue weighted by Gasteiger charge is -2.43. The molecule has 3 N–H and O–H groups in total. The lowest BCUT2D eigenvalue weighted by atomic mass is 9.83. The first-order chi connectivity index (χ1) is 9.87. The van der Waals surface area contributed by atoms with Gasteiger partial charge in [-0.05, 0) is 25.5 Å². The summed E-state index contributed by atoms with van der Waals surface area (Å²) in [4.78, 5) is -0.422. The van der Waals surface area contributed by atoms with Crippen molar-refractivity contribution in [1.29, 1.82) is 0 Å². The van der Waals surface area contributed by atoms with Gasteiger partial charge in [0.05, 0.1) is 22.7 Å². The second-order valence-corrected chi connectivity index (χ2v) is 6.75. The predicted molar refractivity (Wildman–Crippen MR) is 75.0 cm³/mol. The molecule has 1 fully saturated rings. The number of ether oxygens (including phenoxy) is 1. The fraction of sp³-hybridized carbons (Fsp3) is 0.538. The molecule has 0 aliphatic heterocycles. The van der Waals surface area contributed by atoms with E-state index in [1.807, 2.05) is 6.92 Å². The normalized spacial score (nSPS) is 25.7. The standard InChI is InChI=1S/C13H18F2N2O3S/c1-2-20-10-7-8(16)12(10)17-9-5-3-4-6-11(9)21(18,19)13(14)15/h3-6,8,10,12-13,17H,2,7,16H2,1H3. The van der Waals surface area contributed by atoms with Crippen LogP contribution in [0.3, 0.4) is 0 Å². The maximum absolute atomic E-state index is 12.7. The number of alkyl halides is 2. The molecular formula is C13H18F2N2O3S. The molecular weight excluding hydrogens is 302 g/mol. The van der Waals surface area contributed by atoms with Crippen LogP contribution in [0.4, 0.5) is 14.5 Å². The number of rotatable bonds is 6. The first-order valence-corrected chi connectivity index (χ1v) is 8.17. The Balaban J connectivity index is 2.25. The van der Waals surface area contributed by atoms with Crippen molar-refractivity contribution in [2.75, 3.05) is 11.9 Å². The molecule has 1 aliphatic rings. The number of benzene rings is 1. The molecule has 0 amide bonds. The van der Waals surface area contributed by atoms with Gasteiger partial charge in [-0.3, -0.25) is 0 Å². The molecule has 5 nitrogen and oxygen atoms in total. The molecule has 0 radical (unpaired) electrons. The molecule has 21 heavy (non-hydrogen) atoms. The Labute approximate surface area is 122 Å². The van der Waals surface area contributed by atoms with Crippen molar-refractivity contribution in [3.63, 3.8) is 0 Å². The molecule has 118 valence electrons. The summed E-state index contributed by atoms with van der Waals surface area (Å²) in [7, 11) is -4.66. The Kier molecular flexibility index (Phi) is 4.80. The van der Waals surface area contributed by atoms with Crippen molar-refractivity contribution in [3.05, 3.63) is 24.3 Å². The zero-order valence-electron chi connectivity index (χ0n) is 11.5. The molecule has 0 bridgehead atoms. The number of anilines is 1. The topological polar surface area (TPSA) is 81.4 Å². The smallest absolute Gasteiger partial charge is 0.341 e. The summed E-state index contributed by atoms with van der Waals surface area (Å²) in [6.45, 7) is 2.35. The molecule has 0 aromatic heterocycles. The van der Waals surface area contributed by atoms with Crippen molar-refractivity contribution < 1.29 is 21.9 Å². The number of hydrogen-bond acceptors (Lipinski definition) is 5. The largest absolute Gasteiger partial charge is 0.377 e. The average molecular weight is 320 g/mol. The Morgan fingerprint density at radius 2 is 2.10 bits per heavy atom. The lowest BCUT2D eigenvalue weighted by Crippen LogP contribution is -2.60. The minimum Gasteiger partial charge on any atom is -0.377 e. The van der Waals surface area contributed by atoms with Crippen molar-refractivity contribution in [2.45, 2.75) is 42.2 Å². The van der Waals surface area contributed by atoms with Crippen molar-refractivity contribution in [2.24, 2.45) is 5.73 Å². The van der Waals surface area contributed by atoms with E-state index in [-0.39, 0.29) is 23.9 Å². The van der Waals surface area contributed by atoms with Crippen LogP contribution in [0.25, 0.3) is 0 Å². The monoisotopic (exact) mass is 320 g/mol. The van der Waals surface area contributed by atoms with E-state index in [0.29, 0.717) is 13.0 Å². The van der Waals surface area contributed by atoms with Gasteiger partial charge in [-0.25, -0.2) is 8.42 Å². The molecule has 1 aromatic carbocycles. The highest BCUT2D eigenvalue weighted by atomic mass is 32.2. The van der Waals surface area contributed by atoms with E-state index in [2.05, 4.69) is 5.32 Å². The molecule has 2 rings (SSSR count). The summed E-state index contributed by atoms with van der Waals surface area (Å²) < 4.78 is 54.3. The quantitative estimate of drug-likeness (QED) is 0.832. The Morgan fingerprint density at radius 3 is 2.67 bits per heavy atom. The van der Waals surface area contributed by atoms with Gasteiger partial charge < -0.3 is 15.8 Å². The van der Waals surface area contributed by atoms with Gasteiger partial charge in [0.15, 0.2) is 0 Å². The molecule has 3 atom stereocenters. The van der Waals surface area contributed by atoms with Crippen molar-refractivity contribution >= 4 is 15.5 Å². The van der Waals surface area contributed by atoms with Crippen LogP contribution in [-0.4, -0.2) is 39.0 Å². The maximum atomic E-state index is 12.7. The summed E-state index contributed by atoms with van der Waals surface area (Å²) in [6, 6.07) is 5.09. The summed E-state index contributed by atoms with van der Waals surface area (Å²) in [5, 5.41) is 2.93. The van der Waals surface area contributed by atoms with E-state index in [1.165, 1.54) is 12.1 Å². The second kappa shape index (κ2) is 6.25. The first-order valence-electron chi connectivity index (χ1n) is 6.62. The number of halogens is 2. The highest BCUT2D eigenvalue weighted by Crippen LogP contribution is 2.31. The molecule has 0 heterocycles. The third-order valence-corrected chi connectivity index (χ3v) is 4.94. The van der Waals surface area contributed by atoms with Gasteiger partial charge in [0.2, 0.25) is 9.84 Å². The summed E-state index contributed by atoms with van der Waals surface area (Å²) in [5.74, 6) is -3.46. The average Bonchev–Trinajstić information content (AvgIpc) is 2.45. The van der Waals surface area contributed by atoms with Crippen molar-refractivity contribution in [1.82, 2.24) is 0 Å². The summed E-state index contributed by atoms with van der Waals surface area (Å²) in [6.07, 6.45) is 0.502. The van der Waals surface area contributed by atoms with E-state index in [9.17, 15) is 17.2 Å². The first kappa shape index (κ1) is 16.1. The molecule has 1 aliphatic carbocycles. The van der Waals surface area contributed by atoms with Crippen LogP contribution in [0.15, 0.2) is 29.2 Å². The zero-order chi connectivity index (χ0) is 15.6. The van der Waals surface area contributed by atoms with Gasteiger partial charge in [-0.15, -0.1) is 0 Å². The SMILES string of the molecule is CCOC1CC(N)C1Nc1ccccc1S(=O)(=O)C(F)F. The maximum Gasteiger partial charge on any atom is 0.341 e. The predicted octanol–water partition coefficient (Wildman–Crippen LogP) is 1.60. The van der Waals surface area contributed by atoms with Crippen LogP contribution in [0, 0.1) is 0 Å². The Bertz CT molecular complexity index is 593. The fourth-order valence-electron chi connectivity index (χ4n) is 2.34. The number of para-hydroxylation sites is 1. The third kappa shape index (κ3) is 3.17. The minimum absolute atomic E-state index is 0.127. The lowest BCUT2D eigenvalue weighted by molar-refractivity contribution is -0.0126. The van der Waals surface area contributed by atoms with E-state index in [0.717, 1.165) is 6.07 Å². The van der Waals surface area contributed by atoms with Gasteiger partial charge in [0.1, 0.15) is 0 Å². The van der Waals surface area contributed by atoms with Gasteiger partial charge >= 0.3 is 5.76 Å². The van der Waals surface area contributed by atoms with Crippen LogP contribution in [-0.2, 0) is 14.6 Å². The molecule has 3 unspecified atom stereocenters. The number of nitrogens with one attached hydrogen (secondary N) is 1. The highest BCUT2D eigenvalue weighted by Gasteiger charge is 2.40. The number of hydrogen-bond donors (Lipinski definition) is 2. The zero-order valence-corrected chi connectivity index (χ0v) is 12.3. The van der Waals surface area contributed by atoms with Crippen LogP contribution >= 0.6 is 0 Å². The molecule has 1 saturated carbocycles. The minimum atomic E-state index is -4.66. The van der Waals surface area contributed by atoms with E-state index in [4.69, 9.17) is 10.5 Å². The summed E-state index contributed by atoms with van der Waals surface area (Å²) >= 11 is 0. The molecule has 1 aromatic rings. The second-order valence-electron chi connectivity index (χ2n) is 4.87. The number of sulfone groups is 1. The van der Waals surface area contributed by atoms with Gasteiger partial charge in [0.25, 0.3) is 0 Å². The van der Waals surface area contributed by atoms with Gasteiger partial charge in [-0.2, -0.15) is 8.78 Å². The summed E-state index contributed by atoms with van der Waals surface area (Å²) in [5.41, 5.74) is 6.00. The van der Waals surface area contributed by atoms with Crippen LogP contribution < -0.4 is 11.1 Å². The van der Waals surface area contributed by atoms with Gasteiger partial charge in [-0.1, -0.05) is 12.1 Å². The van der Waals surface area contributed by atoms with Crippen molar-refractivity contribution in [3.8, 4) is 0 Å². The highest BCUT2D eigenvalue weighted by molar-refractivity contribution is 7.91. The fourth-order valence-corrected chi connectivity index (χ4v) is 3.23. The van der Waals surface area contributed by atoms with E-state index in [1.54, 1.807) is 6.07 Å². The van der Waals surface area contributed by atoms with Crippen LogP contribution in [0.2, 0.25) is 0 Å². The number of nitrogens with two attached hydrogens (primary N) is 1. The van der Waals surface area contributed by atoms with E-state index >= 15 is 0 Å². The van der Waals surface area contributed by atoms with E-state index < -0.39 is 20.5 Å². The van der Waals surface area contributed by atoms with Crippen LogP contribution in [0.5, 0.6) is 0 Å². The third-order valence-electron chi connectivity index (χ3n) is 3.50. The van der Waals surface area contributed by atoms with Crippen LogP contribution in [0.1, 0.15) is 13.3 Å². The molecule has 0 spiro atoms. The Morgan fingerprint density at radius 1 is 1.43 bits per heavy atom. The Hall–Kier alpha value is -1.25.